The minimum absolute atomic E-state index is 0.0560. The van der Waals surface area contributed by atoms with Crippen molar-refractivity contribution in [1.82, 2.24) is 5.32 Å². The summed E-state index contributed by atoms with van der Waals surface area (Å²) in [5.74, 6) is 1.24. The molecule has 3 rings (SSSR count). The van der Waals surface area contributed by atoms with Gasteiger partial charge >= 0.3 is 0 Å². The second-order valence-electron chi connectivity index (χ2n) is 7.23. The van der Waals surface area contributed by atoms with Gasteiger partial charge < -0.3 is 19.9 Å². The number of rotatable bonds is 9. The maximum Gasteiger partial charge on any atom is 0.269 e. The van der Waals surface area contributed by atoms with E-state index in [0.29, 0.717) is 31.2 Å². The molecule has 0 unspecified atom stereocenters. The lowest BCUT2D eigenvalue weighted by atomic mass is 10.0. The Labute approximate surface area is 164 Å². The third-order valence-corrected chi connectivity index (χ3v) is 5.09. The molecule has 0 amide bonds. The summed E-state index contributed by atoms with van der Waals surface area (Å²) in [5.41, 5.74) is 1.36. The lowest BCUT2D eigenvalue weighted by Gasteiger charge is -2.22. The van der Waals surface area contributed by atoms with Gasteiger partial charge in [0, 0.05) is 25.2 Å². The predicted molar refractivity (Wildman–Crippen MR) is 106 cm³/mol. The molecule has 0 aromatic heterocycles. The minimum atomic E-state index is -0.572. The quantitative estimate of drug-likeness (QED) is 0.505. The first-order chi connectivity index (χ1) is 13.5. The molecule has 7 heteroatoms. The Bertz CT molecular complexity index is 801. The fraction of sp³-hybridized carbons (Fsp3) is 0.429. The van der Waals surface area contributed by atoms with E-state index in [4.69, 9.17) is 9.47 Å². The smallest absolute Gasteiger partial charge is 0.269 e. The monoisotopic (exact) mass is 386 g/mol. The van der Waals surface area contributed by atoms with Crippen LogP contribution in [-0.2, 0) is 13.2 Å². The number of ether oxygens (including phenoxy) is 2. The highest BCUT2D eigenvalue weighted by atomic mass is 16.6. The summed E-state index contributed by atoms with van der Waals surface area (Å²) < 4.78 is 11.2. The van der Waals surface area contributed by atoms with Crippen molar-refractivity contribution in [3.8, 4) is 11.5 Å². The first kappa shape index (κ1) is 20.1. The molecule has 2 aromatic carbocycles. The van der Waals surface area contributed by atoms with Gasteiger partial charge in [0.25, 0.3) is 5.69 Å². The molecule has 0 saturated heterocycles. The summed E-state index contributed by atoms with van der Waals surface area (Å²) in [6.45, 7) is 1.52. The Balaban J connectivity index is 1.55. The van der Waals surface area contributed by atoms with Gasteiger partial charge in [-0.1, -0.05) is 18.9 Å². The van der Waals surface area contributed by atoms with Crippen LogP contribution in [0.15, 0.2) is 42.5 Å². The second kappa shape index (κ2) is 9.03. The van der Waals surface area contributed by atoms with E-state index >= 15 is 0 Å². The van der Waals surface area contributed by atoms with Crippen LogP contribution in [0.3, 0.4) is 0 Å². The standard InChI is InChI=1S/C21H26N2O5/c1-27-20-12-17(13-22-15-21(24)10-2-3-11-21)6-9-19(20)28-14-16-4-7-18(8-5-16)23(25)26/h4-9,12,22,24H,2-3,10-11,13-15H2,1H3. The Hall–Kier alpha value is -2.64. The molecule has 0 spiro atoms. The number of nitrogens with zero attached hydrogens (tertiary/aromatic N) is 1. The van der Waals surface area contributed by atoms with Crippen molar-refractivity contribution in [3.63, 3.8) is 0 Å². The summed E-state index contributed by atoms with van der Waals surface area (Å²) in [6, 6.07) is 12.0. The third-order valence-electron chi connectivity index (χ3n) is 5.09. The van der Waals surface area contributed by atoms with Crippen LogP contribution < -0.4 is 14.8 Å². The van der Waals surface area contributed by atoms with Crippen molar-refractivity contribution in [2.24, 2.45) is 0 Å². The molecule has 0 aliphatic heterocycles. The number of benzene rings is 2. The highest BCUT2D eigenvalue weighted by Gasteiger charge is 2.30. The van der Waals surface area contributed by atoms with E-state index in [-0.39, 0.29) is 5.69 Å². The average Bonchev–Trinajstić information content (AvgIpc) is 3.13. The average molecular weight is 386 g/mol. The number of methoxy groups -OCH3 is 1. The first-order valence-corrected chi connectivity index (χ1v) is 9.45. The van der Waals surface area contributed by atoms with Crippen LogP contribution in [0.2, 0.25) is 0 Å². The van der Waals surface area contributed by atoms with Gasteiger partial charge in [-0.05, 0) is 48.2 Å². The van der Waals surface area contributed by atoms with Gasteiger partial charge in [-0.3, -0.25) is 10.1 Å². The molecule has 0 bridgehead atoms. The molecule has 1 saturated carbocycles. The number of hydrogen-bond acceptors (Lipinski definition) is 6. The summed E-state index contributed by atoms with van der Waals surface area (Å²) in [4.78, 5) is 10.3. The lowest BCUT2D eigenvalue weighted by molar-refractivity contribution is -0.384. The van der Waals surface area contributed by atoms with E-state index in [0.717, 1.165) is 36.8 Å². The largest absolute Gasteiger partial charge is 0.493 e. The summed E-state index contributed by atoms with van der Waals surface area (Å²) in [5, 5.41) is 24.4. The Kier molecular flexibility index (Phi) is 6.49. The predicted octanol–water partition coefficient (Wildman–Crippen LogP) is 3.58. The van der Waals surface area contributed by atoms with Crippen LogP contribution in [0.4, 0.5) is 5.69 Å². The van der Waals surface area contributed by atoms with Crippen molar-refractivity contribution in [2.45, 2.75) is 44.4 Å². The van der Waals surface area contributed by atoms with E-state index in [1.807, 2.05) is 18.2 Å². The van der Waals surface area contributed by atoms with Gasteiger partial charge in [0.05, 0.1) is 17.6 Å². The van der Waals surface area contributed by atoms with Crippen LogP contribution in [0, 0.1) is 10.1 Å². The summed E-state index contributed by atoms with van der Waals surface area (Å²) >= 11 is 0. The van der Waals surface area contributed by atoms with Crippen LogP contribution in [0.25, 0.3) is 0 Å². The van der Waals surface area contributed by atoms with Gasteiger partial charge in [-0.2, -0.15) is 0 Å². The molecular formula is C21H26N2O5. The number of nitro benzene ring substituents is 1. The van der Waals surface area contributed by atoms with Crippen LogP contribution >= 0.6 is 0 Å². The number of non-ortho nitro benzene ring substituents is 1. The molecule has 0 heterocycles. The zero-order chi connectivity index (χ0) is 20.0. The molecule has 1 aliphatic rings. The van der Waals surface area contributed by atoms with E-state index in [1.165, 1.54) is 12.1 Å². The van der Waals surface area contributed by atoms with Gasteiger partial charge in [-0.25, -0.2) is 0 Å². The molecule has 2 N–H and O–H groups in total. The minimum Gasteiger partial charge on any atom is -0.493 e. The van der Waals surface area contributed by atoms with Gasteiger partial charge in [0.1, 0.15) is 6.61 Å². The fourth-order valence-corrected chi connectivity index (χ4v) is 3.47. The Morgan fingerprint density at radius 2 is 1.79 bits per heavy atom. The maximum absolute atomic E-state index is 10.7. The third kappa shape index (κ3) is 5.21. The topological polar surface area (TPSA) is 93.9 Å². The Morgan fingerprint density at radius 1 is 1.11 bits per heavy atom. The highest BCUT2D eigenvalue weighted by molar-refractivity contribution is 5.43. The molecule has 0 radical (unpaired) electrons. The van der Waals surface area contributed by atoms with E-state index in [9.17, 15) is 15.2 Å². The zero-order valence-electron chi connectivity index (χ0n) is 16.0. The highest BCUT2D eigenvalue weighted by Crippen LogP contribution is 2.30. The molecular weight excluding hydrogens is 360 g/mol. The molecule has 150 valence electrons. The molecule has 7 nitrogen and oxygen atoms in total. The number of aliphatic hydroxyl groups is 1. The summed E-state index contributed by atoms with van der Waals surface area (Å²) in [7, 11) is 1.59. The van der Waals surface area contributed by atoms with Crippen LogP contribution in [-0.4, -0.2) is 29.3 Å². The molecule has 1 fully saturated rings. The fourth-order valence-electron chi connectivity index (χ4n) is 3.47. The lowest BCUT2D eigenvalue weighted by Crippen LogP contribution is -2.37. The number of nitro groups is 1. The number of nitrogens with one attached hydrogen (secondary N) is 1. The zero-order valence-corrected chi connectivity index (χ0v) is 16.0. The molecule has 2 aromatic rings. The van der Waals surface area contributed by atoms with Crippen molar-refractivity contribution in [1.29, 1.82) is 0 Å². The van der Waals surface area contributed by atoms with Gasteiger partial charge in [0.15, 0.2) is 11.5 Å². The normalized spacial score (nSPS) is 15.4. The summed E-state index contributed by atoms with van der Waals surface area (Å²) in [6.07, 6.45) is 3.90. The van der Waals surface area contributed by atoms with Gasteiger partial charge in [-0.15, -0.1) is 0 Å². The number of hydrogen-bond donors (Lipinski definition) is 2. The van der Waals surface area contributed by atoms with Gasteiger partial charge in [0.2, 0.25) is 0 Å². The maximum atomic E-state index is 10.7. The Morgan fingerprint density at radius 3 is 2.43 bits per heavy atom. The molecule has 0 atom stereocenters. The van der Waals surface area contributed by atoms with Crippen LogP contribution in [0.5, 0.6) is 11.5 Å². The van der Waals surface area contributed by atoms with Crippen molar-refractivity contribution >= 4 is 5.69 Å². The van der Waals surface area contributed by atoms with Crippen molar-refractivity contribution in [2.75, 3.05) is 13.7 Å². The van der Waals surface area contributed by atoms with E-state index in [2.05, 4.69) is 5.32 Å². The van der Waals surface area contributed by atoms with Crippen molar-refractivity contribution in [3.05, 3.63) is 63.7 Å². The molecule has 1 aliphatic carbocycles. The van der Waals surface area contributed by atoms with Crippen molar-refractivity contribution < 1.29 is 19.5 Å². The van der Waals surface area contributed by atoms with E-state index in [1.54, 1.807) is 19.2 Å². The first-order valence-electron chi connectivity index (χ1n) is 9.45. The SMILES string of the molecule is COc1cc(CNCC2(O)CCCC2)ccc1OCc1ccc([N+](=O)[O-])cc1. The van der Waals surface area contributed by atoms with E-state index < -0.39 is 10.5 Å². The van der Waals surface area contributed by atoms with Crippen LogP contribution in [0.1, 0.15) is 36.8 Å². The molecule has 28 heavy (non-hydrogen) atoms. The second-order valence-corrected chi connectivity index (χ2v) is 7.23.